The molecule has 2 rings (SSSR count). The van der Waals surface area contributed by atoms with E-state index in [1.165, 1.54) is 12.1 Å². The molecule has 0 aliphatic rings. The van der Waals surface area contributed by atoms with Crippen molar-refractivity contribution in [2.24, 2.45) is 0 Å². The Labute approximate surface area is 111 Å². The minimum Gasteiger partial charge on any atom is -0.207 e. The molecule has 1 unspecified atom stereocenters. The molecule has 0 N–H and O–H groups in total. The number of thiophene rings is 1. The number of alkyl halides is 1. The van der Waals surface area contributed by atoms with Gasteiger partial charge >= 0.3 is 0 Å². The summed E-state index contributed by atoms with van der Waals surface area (Å²) in [5.74, 6) is -0.214. The standard InChI is InChI=1S/C12H9BrClFS/c13-12-5-4-11(16-12)10(14)7-8-2-1-3-9(15)6-8/h1-6,10H,7H2. The van der Waals surface area contributed by atoms with Crippen LogP contribution in [0.1, 0.15) is 15.8 Å². The van der Waals surface area contributed by atoms with Crippen molar-refractivity contribution in [2.45, 2.75) is 11.8 Å². The van der Waals surface area contributed by atoms with E-state index in [-0.39, 0.29) is 11.2 Å². The Balaban J connectivity index is 2.10. The van der Waals surface area contributed by atoms with Crippen LogP contribution in [-0.2, 0) is 6.42 Å². The fourth-order valence-corrected chi connectivity index (χ4v) is 3.25. The van der Waals surface area contributed by atoms with Crippen LogP contribution >= 0.6 is 38.9 Å². The lowest BCUT2D eigenvalue weighted by Gasteiger charge is -2.07. The van der Waals surface area contributed by atoms with Crippen LogP contribution in [0.25, 0.3) is 0 Å². The van der Waals surface area contributed by atoms with E-state index in [9.17, 15) is 4.39 Å². The normalized spacial score (nSPS) is 12.7. The average molecular weight is 320 g/mol. The Morgan fingerprint density at radius 3 is 2.75 bits per heavy atom. The van der Waals surface area contributed by atoms with Crippen LogP contribution in [0, 0.1) is 5.82 Å². The summed E-state index contributed by atoms with van der Waals surface area (Å²) in [6, 6.07) is 10.5. The van der Waals surface area contributed by atoms with E-state index in [0.717, 1.165) is 14.2 Å². The van der Waals surface area contributed by atoms with Crippen LogP contribution in [0.15, 0.2) is 40.2 Å². The molecule has 2 aromatic rings. The van der Waals surface area contributed by atoms with Crippen molar-refractivity contribution in [3.63, 3.8) is 0 Å². The van der Waals surface area contributed by atoms with E-state index < -0.39 is 0 Å². The average Bonchev–Trinajstić information content (AvgIpc) is 2.65. The molecule has 0 saturated carbocycles. The molecule has 0 aliphatic heterocycles. The summed E-state index contributed by atoms with van der Waals surface area (Å²) in [5.41, 5.74) is 0.921. The minimum absolute atomic E-state index is 0.0990. The Morgan fingerprint density at radius 1 is 1.31 bits per heavy atom. The van der Waals surface area contributed by atoms with Crippen molar-refractivity contribution in [1.82, 2.24) is 0 Å². The SMILES string of the molecule is Fc1cccc(CC(Cl)c2ccc(Br)s2)c1. The van der Waals surface area contributed by atoms with Gasteiger partial charge in [-0.2, -0.15) is 0 Å². The Bertz CT molecular complexity index is 483. The van der Waals surface area contributed by atoms with Crippen LogP contribution in [-0.4, -0.2) is 0 Å². The second-order valence-electron chi connectivity index (χ2n) is 3.44. The first-order chi connectivity index (χ1) is 7.65. The van der Waals surface area contributed by atoms with E-state index in [0.29, 0.717) is 6.42 Å². The second-order valence-corrected chi connectivity index (χ2v) is 6.46. The largest absolute Gasteiger partial charge is 0.207 e. The fourth-order valence-electron chi connectivity index (χ4n) is 1.47. The van der Waals surface area contributed by atoms with Crippen LogP contribution < -0.4 is 0 Å². The Morgan fingerprint density at radius 2 is 2.12 bits per heavy atom. The van der Waals surface area contributed by atoms with Crippen molar-refractivity contribution in [1.29, 1.82) is 0 Å². The van der Waals surface area contributed by atoms with Crippen molar-refractivity contribution in [2.75, 3.05) is 0 Å². The lowest BCUT2D eigenvalue weighted by molar-refractivity contribution is 0.625. The van der Waals surface area contributed by atoms with Crippen molar-refractivity contribution in [3.8, 4) is 0 Å². The van der Waals surface area contributed by atoms with Gasteiger partial charge in [-0.3, -0.25) is 0 Å². The molecule has 1 atom stereocenters. The fraction of sp³-hybridized carbons (Fsp3) is 0.167. The summed E-state index contributed by atoms with van der Waals surface area (Å²) in [6.45, 7) is 0. The molecule has 84 valence electrons. The second kappa shape index (κ2) is 5.30. The predicted octanol–water partition coefficient (Wildman–Crippen LogP) is 5.17. The van der Waals surface area contributed by atoms with Crippen LogP contribution in [0.2, 0.25) is 0 Å². The maximum atomic E-state index is 13.0. The van der Waals surface area contributed by atoms with Gasteiger partial charge in [-0.1, -0.05) is 12.1 Å². The van der Waals surface area contributed by atoms with Gasteiger partial charge in [0.15, 0.2) is 0 Å². The van der Waals surface area contributed by atoms with E-state index >= 15 is 0 Å². The van der Waals surface area contributed by atoms with E-state index in [2.05, 4.69) is 15.9 Å². The first-order valence-electron chi connectivity index (χ1n) is 4.79. The van der Waals surface area contributed by atoms with Gasteiger partial charge in [0, 0.05) is 4.88 Å². The first kappa shape index (κ1) is 12.1. The lowest BCUT2D eigenvalue weighted by Crippen LogP contribution is -1.93. The van der Waals surface area contributed by atoms with Gasteiger partial charge in [0.25, 0.3) is 0 Å². The molecule has 0 spiro atoms. The number of rotatable bonds is 3. The number of benzene rings is 1. The molecule has 1 heterocycles. The smallest absolute Gasteiger partial charge is 0.123 e. The number of halogens is 3. The predicted molar refractivity (Wildman–Crippen MR) is 70.7 cm³/mol. The molecule has 0 aliphatic carbocycles. The van der Waals surface area contributed by atoms with Gasteiger partial charge < -0.3 is 0 Å². The molecule has 0 fully saturated rings. The number of hydrogen-bond acceptors (Lipinski definition) is 1. The minimum atomic E-state index is -0.214. The summed E-state index contributed by atoms with van der Waals surface area (Å²) < 4.78 is 14.0. The quantitative estimate of drug-likeness (QED) is 0.684. The topological polar surface area (TPSA) is 0 Å². The zero-order chi connectivity index (χ0) is 11.5. The Kier molecular flexibility index (Phi) is 4.00. The van der Waals surface area contributed by atoms with Crippen molar-refractivity contribution in [3.05, 3.63) is 56.4 Å². The van der Waals surface area contributed by atoms with Crippen LogP contribution in [0.3, 0.4) is 0 Å². The van der Waals surface area contributed by atoms with E-state index in [1.54, 1.807) is 17.4 Å². The van der Waals surface area contributed by atoms with Gasteiger partial charge in [0.2, 0.25) is 0 Å². The lowest BCUT2D eigenvalue weighted by atomic mass is 10.1. The van der Waals surface area contributed by atoms with Crippen molar-refractivity contribution >= 4 is 38.9 Å². The highest BCUT2D eigenvalue weighted by molar-refractivity contribution is 9.11. The van der Waals surface area contributed by atoms with E-state index in [4.69, 9.17) is 11.6 Å². The third kappa shape index (κ3) is 3.06. The molecule has 16 heavy (non-hydrogen) atoms. The molecule has 0 amide bonds. The van der Waals surface area contributed by atoms with Gasteiger partial charge in [-0.25, -0.2) is 4.39 Å². The van der Waals surface area contributed by atoms with Gasteiger partial charge in [-0.05, 0) is 52.2 Å². The molecule has 0 radical (unpaired) electrons. The summed E-state index contributed by atoms with van der Waals surface area (Å²) in [4.78, 5) is 1.10. The highest BCUT2D eigenvalue weighted by atomic mass is 79.9. The summed E-state index contributed by atoms with van der Waals surface area (Å²) in [6.07, 6.45) is 0.645. The zero-order valence-electron chi connectivity index (χ0n) is 8.29. The third-order valence-electron chi connectivity index (χ3n) is 2.21. The molecule has 0 saturated heterocycles. The summed E-state index contributed by atoms with van der Waals surface area (Å²) >= 11 is 11.3. The molecule has 1 aromatic heterocycles. The van der Waals surface area contributed by atoms with Gasteiger partial charge in [-0.15, -0.1) is 22.9 Å². The first-order valence-corrected chi connectivity index (χ1v) is 6.83. The zero-order valence-corrected chi connectivity index (χ0v) is 11.4. The van der Waals surface area contributed by atoms with Gasteiger partial charge in [0.1, 0.15) is 5.82 Å². The highest BCUT2D eigenvalue weighted by Crippen LogP contribution is 2.33. The molecule has 4 heteroatoms. The number of hydrogen-bond donors (Lipinski definition) is 0. The highest BCUT2D eigenvalue weighted by Gasteiger charge is 2.11. The summed E-state index contributed by atoms with van der Waals surface area (Å²) in [7, 11) is 0. The van der Waals surface area contributed by atoms with E-state index in [1.807, 2.05) is 18.2 Å². The molecule has 1 aromatic carbocycles. The van der Waals surface area contributed by atoms with Crippen LogP contribution in [0.5, 0.6) is 0 Å². The van der Waals surface area contributed by atoms with Gasteiger partial charge in [0.05, 0.1) is 9.16 Å². The molecular weight excluding hydrogens is 311 g/mol. The Hall–Kier alpha value is -0.380. The maximum absolute atomic E-state index is 13.0. The molecular formula is C12H9BrClFS. The van der Waals surface area contributed by atoms with Crippen LogP contribution in [0.4, 0.5) is 4.39 Å². The third-order valence-corrected chi connectivity index (χ3v) is 4.46. The summed E-state index contributed by atoms with van der Waals surface area (Å²) in [5, 5.41) is -0.0990. The molecule has 0 bridgehead atoms. The monoisotopic (exact) mass is 318 g/mol. The maximum Gasteiger partial charge on any atom is 0.123 e. The van der Waals surface area contributed by atoms with Crippen molar-refractivity contribution < 1.29 is 4.39 Å². The molecule has 0 nitrogen and oxygen atoms in total.